The number of amides is 2. The van der Waals surface area contributed by atoms with Crippen LogP contribution in [0.3, 0.4) is 0 Å². The van der Waals surface area contributed by atoms with Gasteiger partial charge in [0.15, 0.2) is 0 Å². The molecule has 1 saturated heterocycles. The Balaban J connectivity index is 1.90. The van der Waals surface area contributed by atoms with Crippen LogP contribution in [0, 0.1) is 15.2 Å². The molecule has 0 aliphatic carbocycles. The van der Waals surface area contributed by atoms with Gasteiger partial charge >= 0.3 is 6.09 Å². The molecule has 0 saturated carbocycles. The molecule has 2 amide bonds. The summed E-state index contributed by atoms with van der Waals surface area (Å²) in [4.78, 5) is 26.3. The summed E-state index contributed by atoms with van der Waals surface area (Å²) in [6.45, 7) is 4.80. The number of carbonyl (C=O) groups excluding carboxylic acids is 2. The predicted octanol–water partition coefficient (Wildman–Crippen LogP) is 3.67. The van der Waals surface area contributed by atoms with Crippen molar-refractivity contribution in [3.63, 3.8) is 0 Å². The fourth-order valence-electron chi connectivity index (χ4n) is 3.87. The number of ether oxygens (including phenoxy) is 2. The molecule has 1 heterocycles. The lowest BCUT2D eigenvalue weighted by Gasteiger charge is -2.40. The van der Waals surface area contributed by atoms with Gasteiger partial charge in [0, 0.05) is 29.3 Å². The summed E-state index contributed by atoms with van der Waals surface area (Å²) >= 11 is 1.93. The van der Waals surface area contributed by atoms with Gasteiger partial charge < -0.3 is 25.4 Å². The van der Waals surface area contributed by atoms with Gasteiger partial charge in [-0.05, 0) is 67.6 Å². The molecule has 0 aromatic heterocycles. The van der Waals surface area contributed by atoms with Crippen molar-refractivity contribution in [3.8, 4) is 5.75 Å². The van der Waals surface area contributed by atoms with Crippen LogP contribution in [0.1, 0.15) is 31.1 Å². The third kappa shape index (κ3) is 7.66. The maximum Gasteiger partial charge on any atom is 0.410 e. The third-order valence-electron chi connectivity index (χ3n) is 5.45. The van der Waals surface area contributed by atoms with Crippen LogP contribution in [0.5, 0.6) is 5.75 Å². The second-order valence-electron chi connectivity index (χ2n) is 9.70. The van der Waals surface area contributed by atoms with Gasteiger partial charge in [-0.1, -0.05) is 0 Å². The first-order valence-electron chi connectivity index (χ1n) is 11.5. The number of nitrogens with one attached hydrogen (secondary N) is 1. The number of anilines is 2. The molecule has 3 rings (SSSR count). The van der Waals surface area contributed by atoms with E-state index < -0.39 is 45.3 Å². The number of carbonyl (C=O) groups is 2. The molecule has 0 spiro atoms. The SMILES string of the molecule is CC(C)(C)OC(=O)N1CCN(S(C)(=O)=O)C(COc2cc(F)cc(Nc3ccc(I)cc3F)c2C(N)=O)C1. The molecule has 1 fully saturated rings. The zero-order valence-electron chi connectivity index (χ0n) is 21.3. The highest BCUT2D eigenvalue weighted by Gasteiger charge is 2.37. The number of nitrogens with two attached hydrogens (primary N) is 1. The van der Waals surface area contributed by atoms with Crippen LogP contribution in [0.15, 0.2) is 30.3 Å². The van der Waals surface area contributed by atoms with Gasteiger partial charge in [-0.3, -0.25) is 4.79 Å². The van der Waals surface area contributed by atoms with Gasteiger partial charge in [-0.15, -0.1) is 0 Å². The van der Waals surface area contributed by atoms with Crippen molar-refractivity contribution in [2.24, 2.45) is 5.73 Å². The molecule has 1 atom stereocenters. The standard InChI is InChI=1S/C24H29F2IN4O6S/c1-24(2,3)37-23(33)30-7-8-31(38(4,34)35)16(12-30)13-36-20-10-14(25)9-19(21(20)22(28)32)29-18-6-5-15(27)11-17(18)26/h5-6,9-11,16,29H,7-8,12-13H2,1-4H3,(H2,28,32). The molecule has 1 unspecified atom stereocenters. The van der Waals surface area contributed by atoms with Crippen LogP contribution in [0.25, 0.3) is 0 Å². The number of piperazine rings is 1. The van der Waals surface area contributed by atoms with Gasteiger partial charge in [-0.2, -0.15) is 4.31 Å². The van der Waals surface area contributed by atoms with Gasteiger partial charge in [0.05, 0.1) is 23.7 Å². The number of rotatable bonds is 7. The minimum absolute atomic E-state index is 0.0170. The van der Waals surface area contributed by atoms with Gasteiger partial charge in [-0.25, -0.2) is 22.0 Å². The Bertz CT molecular complexity index is 1340. The topological polar surface area (TPSA) is 131 Å². The number of benzene rings is 2. The zero-order chi connectivity index (χ0) is 28.4. The Morgan fingerprint density at radius 2 is 1.84 bits per heavy atom. The molecule has 38 heavy (non-hydrogen) atoms. The normalized spacial score (nSPS) is 16.7. The molecule has 0 radical (unpaired) electrons. The lowest BCUT2D eigenvalue weighted by molar-refractivity contribution is 0.00985. The van der Waals surface area contributed by atoms with E-state index in [1.54, 1.807) is 26.8 Å². The second-order valence-corrected chi connectivity index (χ2v) is 12.9. The summed E-state index contributed by atoms with van der Waals surface area (Å²) in [5, 5.41) is 2.67. The number of sulfonamides is 1. The van der Waals surface area contributed by atoms with Crippen molar-refractivity contribution >= 4 is 56.0 Å². The summed E-state index contributed by atoms with van der Waals surface area (Å²) in [6, 6.07) is 5.31. The summed E-state index contributed by atoms with van der Waals surface area (Å²) in [6.07, 6.45) is 0.405. The molecule has 2 aromatic rings. The smallest absolute Gasteiger partial charge is 0.410 e. The summed E-state index contributed by atoms with van der Waals surface area (Å²) in [5.74, 6) is -2.69. The molecule has 1 aliphatic rings. The summed E-state index contributed by atoms with van der Waals surface area (Å²) in [7, 11) is -3.70. The van der Waals surface area contributed by atoms with E-state index >= 15 is 0 Å². The summed E-state index contributed by atoms with van der Waals surface area (Å²) < 4.78 is 66.7. The molecule has 1 aliphatic heterocycles. The fraction of sp³-hybridized carbons (Fsp3) is 0.417. The predicted molar refractivity (Wildman–Crippen MR) is 146 cm³/mol. The van der Waals surface area contributed by atoms with E-state index in [0.29, 0.717) is 3.57 Å². The van der Waals surface area contributed by atoms with E-state index in [4.69, 9.17) is 15.2 Å². The number of primary amides is 1. The highest BCUT2D eigenvalue weighted by molar-refractivity contribution is 14.1. The number of nitrogens with zero attached hydrogens (tertiary/aromatic N) is 2. The maximum atomic E-state index is 14.6. The van der Waals surface area contributed by atoms with Crippen molar-refractivity contribution in [1.29, 1.82) is 0 Å². The summed E-state index contributed by atoms with van der Waals surface area (Å²) in [5.41, 5.74) is 4.39. The average molecular weight is 666 g/mol. The van der Waals surface area contributed by atoms with Gasteiger partial charge in [0.25, 0.3) is 5.91 Å². The molecular weight excluding hydrogens is 637 g/mol. The first-order chi connectivity index (χ1) is 17.5. The molecule has 2 aromatic carbocycles. The van der Waals surface area contributed by atoms with Crippen LogP contribution in [0.2, 0.25) is 0 Å². The van der Waals surface area contributed by atoms with Crippen molar-refractivity contribution < 1.29 is 36.3 Å². The highest BCUT2D eigenvalue weighted by atomic mass is 127. The van der Waals surface area contributed by atoms with Crippen LogP contribution in [-0.4, -0.2) is 73.8 Å². The van der Waals surface area contributed by atoms with E-state index in [-0.39, 0.29) is 48.9 Å². The van der Waals surface area contributed by atoms with E-state index in [1.807, 2.05) is 22.6 Å². The Labute approximate surface area is 233 Å². The lowest BCUT2D eigenvalue weighted by atomic mass is 10.1. The molecular formula is C24H29F2IN4O6S. The van der Waals surface area contributed by atoms with Crippen LogP contribution < -0.4 is 15.8 Å². The Kier molecular flexibility index (Phi) is 9.08. The van der Waals surface area contributed by atoms with Crippen molar-refractivity contribution in [2.45, 2.75) is 32.4 Å². The highest BCUT2D eigenvalue weighted by Crippen LogP contribution is 2.32. The average Bonchev–Trinajstić information content (AvgIpc) is 2.77. The van der Waals surface area contributed by atoms with Crippen molar-refractivity contribution in [1.82, 2.24) is 9.21 Å². The Morgan fingerprint density at radius 1 is 1.16 bits per heavy atom. The Hall–Kier alpha value is -2.72. The number of hydrogen-bond acceptors (Lipinski definition) is 7. The largest absolute Gasteiger partial charge is 0.491 e. The third-order valence-corrected chi connectivity index (χ3v) is 7.46. The van der Waals surface area contributed by atoms with E-state index in [9.17, 15) is 26.8 Å². The minimum atomic E-state index is -3.70. The second kappa shape index (κ2) is 11.6. The van der Waals surface area contributed by atoms with Gasteiger partial charge in [0.2, 0.25) is 10.0 Å². The van der Waals surface area contributed by atoms with E-state index in [0.717, 1.165) is 22.7 Å². The maximum absolute atomic E-state index is 14.6. The van der Waals surface area contributed by atoms with E-state index in [2.05, 4.69) is 5.32 Å². The zero-order valence-corrected chi connectivity index (χ0v) is 24.2. The number of hydrogen-bond donors (Lipinski definition) is 2. The van der Waals surface area contributed by atoms with Gasteiger partial charge in [0.1, 0.15) is 35.2 Å². The molecule has 208 valence electrons. The van der Waals surface area contributed by atoms with Crippen LogP contribution >= 0.6 is 22.6 Å². The number of halogens is 3. The van der Waals surface area contributed by atoms with E-state index in [1.165, 1.54) is 17.0 Å². The molecule has 3 N–H and O–H groups in total. The molecule has 10 nitrogen and oxygen atoms in total. The molecule has 0 bridgehead atoms. The monoisotopic (exact) mass is 666 g/mol. The minimum Gasteiger partial charge on any atom is -0.491 e. The van der Waals surface area contributed by atoms with Crippen LogP contribution in [0.4, 0.5) is 25.0 Å². The molecule has 14 heteroatoms. The lowest BCUT2D eigenvalue weighted by Crippen LogP contribution is -2.58. The first kappa shape index (κ1) is 29.8. The Morgan fingerprint density at radius 3 is 2.42 bits per heavy atom. The first-order valence-corrected chi connectivity index (χ1v) is 14.4. The quantitative estimate of drug-likeness (QED) is 0.432. The fourth-order valence-corrected chi connectivity index (χ4v) is 5.41. The van der Waals surface area contributed by atoms with Crippen molar-refractivity contribution in [2.75, 3.05) is 37.8 Å². The van der Waals surface area contributed by atoms with Crippen LogP contribution in [-0.2, 0) is 14.8 Å². The van der Waals surface area contributed by atoms with Crippen molar-refractivity contribution in [3.05, 3.63) is 51.1 Å².